The van der Waals surface area contributed by atoms with Gasteiger partial charge in [0.05, 0.1) is 11.4 Å². The van der Waals surface area contributed by atoms with Crippen LogP contribution in [0.15, 0.2) is 12.1 Å². The molecule has 0 spiro atoms. The summed E-state index contributed by atoms with van der Waals surface area (Å²) in [5.41, 5.74) is 13.1. The molecule has 2 nitrogen and oxygen atoms in total. The van der Waals surface area contributed by atoms with Crippen LogP contribution in [0.25, 0.3) is 0 Å². The van der Waals surface area contributed by atoms with Crippen molar-refractivity contribution in [3.05, 3.63) is 23.8 Å². The molecule has 0 saturated heterocycles. The number of rotatable bonds is 0. The molecule has 0 aliphatic heterocycles. The second kappa shape index (κ2) is 1.97. The van der Waals surface area contributed by atoms with Crippen LogP contribution in [0.1, 0.15) is 5.56 Å². The lowest BCUT2D eigenvalue weighted by molar-refractivity contribution is 1.47. The molecule has 0 bridgehead atoms. The summed E-state index contributed by atoms with van der Waals surface area (Å²) < 4.78 is 0. The van der Waals surface area contributed by atoms with Crippen molar-refractivity contribution < 1.29 is 0 Å². The molecule has 1 radical (unpaired) electrons. The molecule has 9 heavy (non-hydrogen) atoms. The molecule has 0 aliphatic carbocycles. The molecule has 0 heterocycles. The summed E-state index contributed by atoms with van der Waals surface area (Å²) in [6.07, 6.45) is 0. The monoisotopic (exact) mass is 121 g/mol. The van der Waals surface area contributed by atoms with Gasteiger partial charge in [-0.2, -0.15) is 0 Å². The van der Waals surface area contributed by atoms with Crippen LogP contribution in [0.2, 0.25) is 0 Å². The highest BCUT2D eigenvalue weighted by molar-refractivity contribution is 5.65. The van der Waals surface area contributed by atoms with Gasteiger partial charge in [-0.05, 0) is 12.5 Å². The molecule has 0 saturated carbocycles. The Kier molecular flexibility index (Phi) is 1.30. The highest BCUT2D eigenvalue weighted by Crippen LogP contribution is 2.16. The third kappa shape index (κ3) is 0.964. The molecule has 2 heteroatoms. The fourth-order valence-electron chi connectivity index (χ4n) is 0.636. The van der Waals surface area contributed by atoms with E-state index >= 15 is 0 Å². The van der Waals surface area contributed by atoms with Crippen LogP contribution in [0.5, 0.6) is 0 Å². The van der Waals surface area contributed by atoms with E-state index in [0.717, 1.165) is 5.56 Å². The van der Waals surface area contributed by atoms with Crippen LogP contribution >= 0.6 is 0 Å². The Morgan fingerprint density at radius 2 is 2.11 bits per heavy atom. The van der Waals surface area contributed by atoms with Gasteiger partial charge >= 0.3 is 0 Å². The van der Waals surface area contributed by atoms with E-state index in [9.17, 15) is 0 Å². The van der Waals surface area contributed by atoms with Crippen molar-refractivity contribution in [2.75, 3.05) is 11.5 Å². The molecule has 0 unspecified atom stereocenters. The number of hydrogen-bond acceptors (Lipinski definition) is 2. The van der Waals surface area contributed by atoms with Crippen LogP contribution in [-0.2, 0) is 0 Å². The smallest absolute Gasteiger partial charge is 0.0630 e. The van der Waals surface area contributed by atoms with Crippen LogP contribution < -0.4 is 11.5 Å². The molecule has 47 valence electrons. The zero-order valence-electron chi connectivity index (χ0n) is 5.31. The first-order valence-corrected chi connectivity index (χ1v) is 2.74. The summed E-state index contributed by atoms with van der Waals surface area (Å²) in [4.78, 5) is 0. The Balaban J connectivity index is 3.25. The highest BCUT2D eigenvalue weighted by Gasteiger charge is 1.94. The van der Waals surface area contributed by atoms with E-state index in [1.165, 1.54) is 0 Å². The summed E-state index contributed by atoms with van der Waals surface area (Å²) in [5, 5.41) is 0. The Labute approximate surface area is 54.5 Å². The van der Waals surface area contributed by atoms with Crippen LogP contribution in [-0.4, -0.2) is 0 Å². The van der Waals surface area contributed by atoms with Gasteiger partial charge in [0.2, 0.25) is 0 Å². The number of hydrogen-bond donors (Lipinski definition) is 2. The van der Waals surface area contributed by atoms with Crippen molar-refractivity contribution in [2.24, 2.45) is 0 Å². The second-order valence-electron chi connectivity index (χ2n) is 1.99. The van der Waals surface area contributed by atoms with E-state index in [1.807, 2.05) is 13.0 Å². The van der Waals surface area contributed by atoms with E-state index < -0.39 is 0 Å². The average molecular weight is 121 g/mol. The number of nitrogen functional groups attached to an aromatic ring is 2. The van der Waals surface area contributed by atoms with E-state index in [0.29, 0.717) is 11.4 Å². The molecule has 1 aromatic rings. The first kappa shape index (κ1) is 5.95. The summed E-state index contributed by atoms with van der Waals surface area (Å²) in [5.74, 6) is 0. The van der Waals surface area contributed by atoms with Crippen LogP contribution in [0.3, 0.4) is 0 Å². The van der Waals surface area contributed by atoms with Gasteiger partial charge in [-0.3, -0.25) is 0 Å². The number of aryl methyl sites for hydroxylation is 1. The van der Waals surface area contributed by atoms with Crippen molar-refractivity contribution in [1.82, 2.24) is 0 Å². The second-order valence-corrected chi connectivity index (χ2v) is 1.99. The Hall–Kier alpha value is -1.18. The molecule has 1 aromatic carbocycles. The predicted molar refractivity (Wildman–Crippen MR) is 38.8 cm³/mol. The lowest BCUT2D eigenvalue weighted by Crippen LogP contribution is -1.96. The zero-order chi connectivity index (χ0) is 6.85. The normalized spacial score (nSPS) is 9.44. The van der Waals surface area contributed by atoms with E-state index in [2.05, 4.69) is 6.07 Å². The number of benzene rings is 1. The minimum atomic E-state index is 0.537. The Morgan fingerprint density at radius 1 is 1.44 bits per heavy atom. The third-order valence-corrected chi connectivity index (χ3v) is 1.29. The highest BCUT2D eigenvalue weighted by atomic mass is 14.7. The van der Waals surface area contributed by atoms with Crippen molar-refractivity contribution in [2.45, 2.75) is 6.92 Å². The van der Waals surface area contributed by atoms with Gasteiger partial charge in [-0.25, -0.2) is 0 Å². The molecular weight excluding hydrogens is 112 g/mol. The molecule has 1 rings (SSSR count). The molecule has 0 aromatic heterocycles. The van der Waals surface area contributed by atoms with Crippen LogP contribution in [0.4, 0.5) is 11.4 Å². The lowest BCUT2D eigenvalue weighted by atomic mass is 10.2. The Morgan fingerprint density at radius 3 is 2.56 bits per heavy atom. The van der Waals surface area contributed by atoms with Gasteiger partial charge in [0.25, 0.3) is 0 Å². The first-order chi connectivity index (χ1) is 4.22. The van der Waals surface area contributed by atoms with Gasteiger partial charge in [-0.15, -0.1) is 0 Å². The predicted octanol–water partition coefficient (Wildman–Crippen LogP) is 0.960. The molecule has 0 amide bonds. The lowest BCUT2D eigenvalue weighted by Gasteiger charge is -2.00. The number of nitrogens with two attached hydrogens (primary N) is 2. The minimum absolute atomic E-state index is 0.537. The Bertz CT molecular complexity index is 198. The van der Waals surface area contributed by atoms with Gasteiger partial charge in [0.15, 0.2) is 0 Å². The quantitative estimate of drug-likeness (QED) is 0.502. The van der Waals surface area contributed by atoms with Gasteiger partial charge in [0.1, 0.15) is 0 Å². The summed E-state index contributed by atoms with van der Waals surface area (Å²) in [6.45, 7) is 1.92. The fraction of sp³-hybridized carbons (Fsp3) is 0.143. The maximum atomic E-state index is 5.53. The fourth-order valence-corrected chi connectivity index (χ4v) is 0.636. The zero-order valence-corrected chi connectivity index (χ0v) is 5.31. The molecular formula is C7H9N2. The first-order valence-electron chi connectivity index (χ1n) is 2.74. The molecule has 4 N–H and O–H groups in total. The number of anilines is 2. The van der Waals surface area contributed by atoms with E-state index in [-0.39, 0.29) is 0 Å². The van der Waals surface area contributed by atoms with E-state index in [4.69, 9.17) is 11.5 Å². The molecule has 0 fully saturated rings. The summed E-state index contributed by atoms with van der Waals surface area (Å²) in [7, 11) is 0. The van der Waals surface area contributed by atoms with Crippen LogP contribution in [0, 0.1) is 13.0 Å². The summed E-state index contributed by atoms with van der Waals surface area (Å²) in [6, 6.07) is 6.44. The SMILES string of the molecule is Cc1cc[c]c(N)c1N. The van der Waals surface area contributed by atoms with Gasteiger partial charge in [0, 0.05) is 6.07 Å². The van der Waals surface area contributed by atoms with Crippen molar-refractivity contribution in [1.29, 1.82) is 0 Å². The minimum Gasteiger partial charge on any atom is -0.397 e. The van der Waals surface area contributed by atoms with E-state index in [1.54, 1.807) is 6.07 Å². The average Bonchev–Trinajstić information content (AvgIpc) is 1.83. The van der Waals surface area contributed by atoms with Gasteiger partial charge in [-0.1, -0.05) is 12.1 Å². The maximum absolute atomic E-state index is 5.53. The molecule has 0 atom stereocenters. The van der Waals surface area contributed by atoms with Crippen molar-refractivity contribution in [3.63, 3.8) is 0 Å². The third-order valence-electron chi connectivity index (χ3n) is 1.29. The largest absolute Gasteiger partial charge is 0.397 e. The van der Waals surface area contributed by atoms with Crippen molar-refractivity contribution in [3.8, 4) is 0 Å². The van der Waals surface area contributed by atoms with Crippen molar-refractivity contribution >= 4 is 11.4 Å². The molecule has 0 aliphatic rings. The maximum Gasteiger partial charge on any atom is 0.0630 e. The topological polar surface area (TPSA) is 52.0 Å². The standard InChI is InChI=1S/C7H9N2/c1-5-3-2-4-6(8)7(5)9/h2-3H,8-9H2,1H3. The van der Waals surface area contributed by atoms with Gasteiger partial charge < -0.3 is 11.5 Å². The summed E-state index contributed by atoms with van der Waals surface area (Å²) >= 11 is 0.